The molecular weight excluding hydrogens is 320 g/mol. The molecular formula is C15H22N2O5S. The van der Waals surface area contributed by atoms with Gasteiger partial charge in [-0.1, -0.05) is 6.92 Å². The molecule has 1 fully saturated rings. The number of nitrogens with zero attached hydrogens (tertiary/aromatic N) is 1. The van der Waals surface area contributed by atoms with Gasteiger partial charge >= 0.3 is 0 Å². The molecule has 23 heavy (non-hydrogen) atoms. The van der Waals surface area contributed by atoms with E-state index in [1.54, 1.807) is 11.0 Å². The highest BCUT2D eigenvalue weighted by molar-refractivity contribution is 7.89. The summed E-state index contributed by atoms with van der Waals surface area (Å²) in [5.41, 5.74) is 0.324. The van der Waals surface area contributed by atoms with Crippen molar-refractivity contribution in [1.29, 1.82) is 0 Å². The summed E-state index contributed by atoms with van der Waals surface area (Å²) < 4.78 is 37.6. The number of carbonyl (C=O) groups excluding carboxylic acids is 1. The summed E-state index contributed by atoms with van der Waals surface area (Å²) in [6.45, 7) is 4.18. The van der Waals surface area contributed by atoms with Crippen molar-refractivity contribution in [2.75, 3.05) is 40.0 Å². The number of sulfonamides is 1. The molecule has 0 aliphatic carbocycles. The van der Waals surface area contributed by atoms with Gasteiger partial charge in [0, 0.05) is 25.2 Å². The Morgan fingerprint density at radius 2 is 2.04 bits per heavy atom. The third-order valence-corrected chi connectivity index (χ3v) is 5.02. The van der Waals surface area contributed by atoms with E-state index in [1.165, 1.54) is 19.2 Å². The van der Waals surface area contributed by atoms with Gasteiger partial charge in [-0.2, -0.15) is 0 Å². The highest BCUT2D eigenvalue weighted by Gasteiger charge is 2.24. The van der Waals surface area contributed by atoms with E-state index < -0.39 is 10.0 Å². The lowest BCUT2D eigenvalue weighted by Gasteiger charge is -2.27. The molecule has 1 aromatic rings. The fourth-order valence-electron chi connectivity index (χ4n) is 2.28. The largest absolute Gasteiger partial charge is 0.495 e. The zero-order chi connectivity index (χ0) is 16.9. The molecule has 1 N–H and O–H groups in total. The highest BCUT2D eigenvalue weighted by Crippen LogP contribution is 2.25. The molecule has 128 valence electrons. The fraction of sp³-hybridized carbons (Fsp3) is 0.533. The molecule has 1 heterocycles. The topological polar surface area (TPSA) is 84.9 Å². The molecule has 1 aromatic carbocycles. The van der Waals surface area contributed by atoms with Gasteiger partial charge < -0.3 is 14.4 Å². The molecule has 1 saturated heterocycles. The van der Waals surface area contributed by atoms with Gasteiger partial charge in [-0.25, -0.2) is 13.1 Å². The van der Waals surface area contributed by atoms with Crippen molar-refractivity contribution in [3.63, 3.8) is 0 Å². The second-order valence-corrected chi connectivity index (χ2v) is 6.90. The first-order valence-corrected chi connectivity index (χ1v) is 9.02. The van der Waals surface area contributed by atoms with E-state index in [2.05, 4.69) is 4.72 Å². The molecule has 0 aromatic heterocycles. The minimum atomic E-state index is -3.72. The SMILES string of the molecule is CCCNS(=O)(=O)c1cc(C(=O)N2CCOCC2)ccc1OC. The number of benzene rings is 1. The Hall–Kier alpha value is -1.64. The summed E-state index contributed by atoms with van der Waals surface area (Å²) in [6.07, 6.45) is 0.675. The molecule has 8 heteroatoms. The van der Waals surface area contributed by atoms with E-state index in [4.69, 9.17) is 9.47 Å². The molecule has 1 aliphatic heterocycles. The van der Waals surface area contributed by atoms with Crippen molar-refractivity contribution in [2.24, 2.45) is 0 Å². The van der Waals surface area contributed by atoms with Crippen LogP contribution in [0.5, 0.6) is 5.75 Å². The Kier molecular flexibility index (Phi) is 5.97. The van der Waals surface area contributed by atoms with Crippen LogP contribution in [0.3, 0.4) is 0 Å². The Balaban J connectivity index is 2.33. The van der Waals surface area contributed by atoms with Crippen LogP contribution in [0.1, 0.15) is 23.7 Å². The first-order valence-electron chi connectivity index (χ1n) is 7.54. The molecule has 0 spiro atoms. The van der Waals surface area contributed by atoms with E-state index in [1.807, 2.05) is 6.92 Å². The van der Waals surface area contributed by atoms with Gasteiger partial charge in [-0.15, -0.1) is 0 Å². The number of nitrogens with one attached hydrogen (secondary N) is 1. The van der Waals surface area contributed by atoms with Gasteiger partial charge in [0.2, 0.25) is 10.0 Å². The number of rotatable bonds is 6. The maximum atomic E-state index is 12.5. The lowest BCUT2D eigenvalue weighted by molar-refractivity contribution is 0.0302. The van der Waals surface area contributed by atoms with Crippen LogP contribution in [0.4, 0.5) is 0 Å². The summed E-state index contributed by atoms with van der Waals surface area (Å²) in [5, 5.41) is 0. The van der Waals surface area contributed by atoms with Gasteiger partial charge in [-0.3, -0.25) is 4.79 Å². The lowest BCUT2D eigenvalue weighted by Crippen LogP contribution is -2.40. The number of amides is 1. The Morgan fingerprint density at radius 3 is 2.65 bits per heavy atom. The summed E-state index contributed by atoms with van der Waals surface area (Å²) in [6, 6.07) is 4.46. The number of methoxy groups -OCH3 is 1. The highest BCUT2D eigenvalue weighted by atomic mass is 32.2. The van der Waals surface area contributed by atoms with Gasteiger partial charge in [0.15, 0.2) is 0 Å². The standard InChI is InChI=1S/C15H22N2O5S/c1-3-6-16-23(19,20)14-11-12(4-5-13(14)21-2)15(18)17-7-9-22-10-8-17/h4-5,11,16H,3,6-10H2,1-2H3. The molecule has 0 saturated carbocycles. The number of hydrogen-bond donors (Lipinski definition) is 1. The van der Waals surface area contributed by atoms with E-state index in [0.717, 1.165) is 0 Å². The van der Waals surface area contributed by atoms with E-state index in [0.29, 0.717) is 44.8 Å². The van der Waals surface area contributed by atoms with Crippen LogP contribution in [0.15, 0.2) is 23.1 Å². The molecule has 0 bridgehead atoms. The molecule has 1 amide bonds. The van der Waals surface area contributed by atoms with E-state index >= 15 is 0 Å². The van der Waals surface area contributed by atoms with Gasteiger partial charge in [-0.05, 0) is 24.6 Å². The monoisotopic (exact) mass is 342 g/mol. The molecule has 0 radical (unpaired) electrons. The van der Waals surface area contributed by atoms with Crippen LogP contribution >= 0.6 is 0 Å². The van der Waals surface area contributed by atoms with Crippen molar-refractivity contribution in [3.05, 3.63) is 23.8 Å². The van der Waals surface area contributed by atoms with Crippen molar-refractivity contribution in [1.82, 2.24) is 9.62 Å². The van der Waals surface area contributed by atoms with Crippen LogP contribution in [0.25, 0.3) is 0 Å². The number of carbonyl (C=O) groups is 1. The molecule has 7 nitrogen and oxygen atoms in total. The van der Waals surface area contributed by atoms with Crippen molar-refractivity contribution < 1.29 is 22.7 Å². The first kappa shape index (κ1) is 17.7. The molecule has 2 rings (SSSR count). The summed E-state index contributed by atoms with van der Waals surface area (Å²) in [7, 11) is -2.32. The molecule has 1 aliphatic rings. The Labute approximate surface area is 136 Å². The average Bonchev–Trinajstić information content (AvgIpc) is 2.59. The number of morpholine rings is 1. The molecule has 0 atom stereocenters. The Bertz CT molecular complexity index is 654. The van der Waals surface area contributed by atoms with Crippen molar-refractivity contribution in [3.8, 4) is 5.75 Å². The van der Waals surface area contributed by atoms with Crippen LogP contribution in [-0.4, -0.2) is 59.2 Å². The van der Waals surface area contributed by atoms with Gasteiger partial charge in [0.05, 0.1) is 20.3 Å². The number of hydrogen-bond acceptors (Lipinski definition) is 5. The summed E-state index contributed by atoms with van der Waals surface area (Å²) in [4.78, 5) is 14.1. The van der Waals surface area contributed by atoms with E-state index in [-0.39, 0.29) is 16.6 Å². The summed E-state index contributed by atoms with van der Waals surface area (Å²) in [5.74, 6) is 0.00928. The number of ether oxygens (including phenoxy) is 2. The fourth-order valence-corrected chi connectivity index (χ4v) is 3.61. The van der Waals surface area contributed by atoms with Crippen LogP contribution in [-0.2, 0) is 14.8 Å². The second-order valence-electron chi connectivity index (χ2n) is 5.17. The van der Waals surface area contributed by atoms with Crippen LogP contribution < -0.4 is 9.46 Å². The van der Waals surface area contributed by atoms with Gasteiger partial charge in [0.1, 0.15) is 10.6 Å². The minimum absolute atomic E-state index is 0.0208. The zero-order valence-corrected chi connectivity index (χ0v) is 14.2. The maximum Gasteiger partial charge on any atom is 0.254 e. The molecule has 0 unspecified atom stereocenters. The second kappa shape index (κ2) is 7.76. The van der Waals surface area contributed by atoms with Crippen LogP contribution in [0.2, 0.25) is 0 Å². The minimum Gasteiger partial charge on any atom is -0.495 e. The smallest absolute Gasteiger partial charge is 0.254 e. The average molecular weight is 342 g/mol. The summed E-state index contributed by atoms with van der Waals surface area (Å²) >= 11 is 0. The van der Waals surface area contributed by atoms with Crippen molar-refractivity contribution >= 4 is 15.9 Å². The van der Waals surface area contributed by atoms with E-state index in [9.17, 15) is 13.2 Å². The lowest BCUT2D eigenvalue weighted by atomic mass is 10.2. The predicted octanol–water partition coefficient (Wildman–Crippen LogP) is 0.856. The zero-order valence-electron chi connectivity index (χ0n) is 13.4. The third kappa shape index (κ3) is 4.21. The first-order chi connectivity index (χ1) is 11.0. The normalized spacial score (nSPS) is 15.5. The van der Waals surface area contributed by atoms with Crippen molar-refractivity contribution in [2.45, 2.75) is 18.2 Å². The predicted molar refractivity (Wildman–Crippen MR) is 85.2 cm³/mol. The van der Waals surface area contributed by atoms with Crippen LogP contribution in [0, 0.1) is 0 Å². The maximum absolute atomic E-state index is 12.5. The third-order valence-electron chi connectivity index (χ3n) is 3.54. The Morgan fingerprint density at radius 1 is 1.35 bits per heavy atom. The quantitative estimate of drug-likeness (QED) is 0.829. The van der Waals surface area contributed by atoms with Gasteiger partial charge in [0.25, 0.3) is 5.91 Å².